The van der Waals surface area contributed by atoms with Gasteiger partial charge < -0.3 is 14.9 Å². The number of halogens is 6. The van der Waals surface area contributed by atoms with Crippen molar-refractivity contribution >= 4 is 13.6 Å². The Balaban J connectivity index is 6.21. The van der Waals surface area contributed by atoms with E-state index in [1.165, 1.54) is 6.92 Å². The molecule has 0 heterocycles. The number of carboxylic acid groups (broad SMARTS) is 1. The lowest BCUT2D eigenvalue weighted by atomic mass is 9.75. The van der Waals surface area contributed by atoms with E-state index < -0.39 is 56.3 Å². The van der Waals surface area contributed by atoms with Crippen LogP contribution >= 0.6 is 7.60 Å². The molecule has 3 N–H and O–H groups in total. The third-order valence-corrected chi connectivity index (χ3v) is 4.90. The molecular weight excluding hydrogens is 357 g/mol. The van der Waals surface area contributed by atoms with Crippen molar-refractivity contribution in [2.45, 2.75) is 57.0 Å². The number of rotatable bonds is 8. The summed E-state index contributed by atoms with van der Waals surface area (Å²) in [7, 11) is -5.53. The molecule has 0 radical (unpaired) electrons. The lowest BCUT2D eigenvalue weighted by molar-refractivity contribution is -0.208. The maximum Gasteiger partial charge on any atom is 0.390 e. The monoisotopic (exact) mass is 374 g/mol. The van der Waals surface area contributed by atoms with Gasteiger partial charge in [-0.2, -0.15) is 26.3 Å². The Morgan fingerprint density at radius 3 is 1.65 bits per heavy atom. The zero-order valence-electron chi connectivity index (χ0n) is 12.0. The smallest absolute Gasteiger partial charge is 0.390 e. The molecule has 138 valence electrons. The molecule has 0 aromatic heterocycles. The number of aliphatic carboxylic acids is 1. The van der Waals surface area contributed by atoms with Gasteiger partial charge in [-0.25, -0.2) is 0 Å². The predicted octanol–water partition coefficient (Wildman–Crippen LogP) is 3.70. The third kappa shape index (κ3) is 7.09. The summed E-state index contributed by atoms with van der Waals surface area (Å²) in [4.78, 5) is 29.7. The molecule has 0 aromatic rings. The van der Waals surface area contributed by atoms with E-state index in [0.717, 1.165) is 0 Å². The van der Waals surface area contributed by atoms with E-state index >= 15 is 0 Å². The largest absolute Gasteiger partial charge is 0.481 e. The minimum Gasteiger partial charge on any atom is -0.481 e. The molecule has 0 aliphatic heterocycles. The molecule has 0 saturated heterocycles. The van der Waals surface area contributed by atoms with Gasteiger partial charge in [0.15, 0.2) is 0 Å². The van der Waals surface area contributed by atoms with Crippen molar-refractivity contribution in [1.29, 1.82) is 0 Å². The van der Waals surface area contributed by atoms with Gasteiger partial charge in [0.2, 0.25) is 0 Å². The van der Waals surface area contributed by atoms with E-state index in [-0.39, 0.29) is 12.8 Å². The summed E-state index contributed by atoms with van der Waals surface area (Å²) in [6.45, 7) is 1.49. The number of alkyl halides is 6. The van der Waals surface area contributed by atoms with Crippen LogP contribution in [-0.4, -0.2) is 38.9 Å². The van der Waals surface area contributed by atoms with E-state index in [4.69, 9.17) is 5.11 Å². The molecule has 1 atom stereocenters. The van der Waals surface area contributed by atoms with Gasteiger partial charge in [-0.15, -0.1) is 0 Å². The molecule has 0 saturated carbocycles. The first-order valence-corrected chi connectivity index (χ1v) is 8.15. The van der Waals surface area contributed by atoms with Crippen molar-refractivity contribution < 1.29 is 50.6 Å². The Hall–Kier alpha value is -0.800. The van der Waals surface area contributed by atoms with E-state index in [9.17, 15) is 45.5 Å². The second-order valence-corrected chi connectivity index (χ2v) is 7.09. The van der Waals surface area contributed by atoms with Crippen LogP contribution in [0.25, 0.3) is 0 Å². The first-order valence-electron chi connectivity index (χ1n) is 6.47. The SMILES string of the molecule is CCCCC(C(CC(F)(F)F)(CC(F)(F)F)C(=O)O)P(=O)(O)O. The van der Waals surface area contributed by atoms with E-state index in [2.05, 4.69) is 0 Å². The molecule has 0 rings (SSSR count). The average molecular weight is 374 g/mol. The van der Waals surface area contributed by atoms with Gasteiger partial charge in [0, 0.05) is 0 Å². The molecule has 0 spiro atoms. The van der Waals surface area contributed by atoms with Crippen LogP contribution in [0.1, 0.15) is 39.0 Å². The van der Waals surface area contributed by atoms with Gasteiger partial charge in [0.1, 0.15) is 0 Å². The first kappa shape index (κ1) is 22.2. The molecular formula is C11H17F6O5P. The van der Waals surface area contributed by atoms with Gasteiger partial charge in [-0.3, -0.25) is 9.36 Å². The maximum atomic E-state index is 12.7. The highest BCUT2D eigenvalue weighted by Gasteiger charge is 2.61. The molecule has 0 aliphatic rings. The van der Waals surface area contributed by atoms with Crippen LogP contribution in [0.2, 0.25) is 0 Å². The summed E-state index contributed by atoms with van der Waals surface area (Å²) in [6.07, 6.45) is -16.3. The van der Waals surface area contributed by atoms with Crippen molar-refractivity contribution in [3.8, 4) is 0 Å². The van der Waals surface area contributed by atoms with Gasteiger partial charge in [0.25, 0.3) is 0 Å². The second-order valence-electron chi connectivity index (χ2n) is 5.29. The molecule has 0 amide bonds. The van der Waals surface area contributed by atoms with Gasteiger partial charge in [-0.1, -0.05) is 19.8 Å². The number of hydrogen-bond donors (Lipinski definition) is 3. The predicted molar refractivity (Wildman–Crippen MR) is 66.8 cm³/mol. The van der Waals surface area contributed by atoms with Crippen molar-refractivity contribution in [1.82, 2.24) is 0 Å². The molecule has 0 aromatic carbocycles. The fraction of sp³-hybridized carbons (Fsp3) is 0.909. The Morgan fingerprint density at radius 1 is 1.04 bits per heavy atom. The lowest BCUT2D eigenvalue weighted by Gasteiger charge is -2.38. The zero-order valence-corrected chi connectivity index (χ0v) is 12.9. The summed E-state index contributed by atoms with van der Waals surface area (Å²) < 4.78 is 87.5. The van der Waals surface area contributed by atoms with Crippen LogP contribution in [0.3, 0.4) is 0 Å². The summed E-state index contributed by atoms with van der Waals surface area (Å²) >= 11 is 0. The van der Waals surface area contributed by atoms with Crippen molar-refractivity contribution in [2.24, 2.45) is 5.41 Å². The van der Waals surface area contributed by atoms with Gasteiger partial charge >= 0.3 is 25.9 Å². The van der Waals surface area contributed by atoms with Crippen molar-refractivity contribution in [2.75, 3.05) is 0 Å². The molecule has 1 unspecified atom stereocenters. The highest BCUT2D eigenvalue weighted by atomic mass is 31.2. The fourth-order valence-corrected chi connectivity index (χ4v) is 3.93. The third-order valence-electron chi connectivity index (χ3n) is 3.33. The zero-order chi connectivity index (χ0) is 18.7. The normalized spacial score (nSPS) is 15.5. The fourth-order valence-electron chi connectivity index (χ4n) is 2.47. The van der Waals surface area contributed by atoms with Crippen LogP contribution in [0.5, 0.6) is 0 Å². The highest BCUT2D eigenvalue weighted by molar-refractivity contribution is 7.52. The first-order chi connectivity index (χ1) is 10.1. The summed E-state index contributed by atoms with van der Waals surface area (Å²) in [5, 5.41) is 9.04. The molecule has 12 heteroatoms. The van der Waals surface area contributed by atoms with E-state index in [1.54, 1.807) is 0 Å². The van der Waals surface area contributed by atoms with Crippen LogP contribution in [-0.2, 0) is 9.36 Å². The van der Waals surface area contributed by atoms with Crippen LogP contribution in [0.15, 0.2) is 0 Å². The number of carboxylic acids is 1. The molecule has 23 heavy (non-hydrogen) atoms. The van der Waals surface area contributed by atoms with Crippen molar-refractivity contribution in [3.63, 3.8) is 0 Å². The Kier molecular flexibility index (Phi) is 7.14. The molecule has 5 nitrogen and oxygen atoms in total. The summed E-state index contributed by atoms with van der Waals surface area (Å²) in [6, 6.07) is 0. The Labute approximate surface area is 127 Å². The van der Waals surface area contributed by atoms with Crippen LogP contribution in [0.4, 0.5) is 26.3 Å². The van der Waals surface area contributed by atoms with Gasteiger partial charge in [0.05, 0.1) is 23.9 Å². The summed E-state index contributed by atoms with van der Waals surface area (Å²) in [5.41, 5.74) is -6.26. The Bertz CT molecular complexity index is 439. The second kappa shape index (κ2) is 7.40. The molecule has 0 bridgehead atoms. The minimum absolute atomic E-state index is 0.124. The van der Waals surface area contributed by atoms with Crippen molar-refractivity contribution in [3.05, 3.63) is 0 Å². The topological polar surface area (TPSA) is 94.8 Å². The van der Waals surface area contributed by atoms with Gasteiger partial charge in [-0.05, 0) is 6.42 Å². The van der Waals surface area contributed by atoms with Crippen LogP contribution in [0, 0.1) is 5.41 Å². The lowest BCUT2D eigenvalue weighted by Crippen LogP contribution is -2.48. The molecule has 0 aliphatic carbocycles. The minimum atomic E-state index is -5.53. The standard InChI is InChI=1S/C11H17F6O5P/c1-2-3-4-7(23(20,21)22)9(8(18)19,5-10(12,13)14)6-11(15,16)17/h7H,2-6H2,1H3,(H,18,19)(H2,20,21,22). The molecule has 0 fully saturated rings. The quantitative estimate of drug-likeness (QED) is 0.445. The highest BCUT2D eigenvalue weighted by Crippen LogP contribution is 2.58. The number of hydrogen-bond acceptors (Lipinski definition) is 2. The summed E-state index contributed by atoms with van der Waals surface area (Å²) in [5.74, 6) is -2.53. The number of carbonyl (C=O) groups is 1. The van der Waals surface area contributed by atoms with E-state index in [1.807, 2.05) is 0 Å². The number of unbranched alkanes of at least 4 members (excludes halogenated alkanes) is 1. The maximum absolute atomic E-state index is 12.7. The van der Waals surface area contributed by atoms with Crippen LogP contribution < -0.4 is 0 Å². The Morgan fingerprint density at radius 2 is 1.43 bits per heavy atom. The average Bonchev–Trinajstić information content (AvgIpc) is 2.22. The van der Waals surface area contributed by atoms with E-state index in [0.29, 0.717) is 0 Å².